The molecule has 0 bridgehead atoms. The van der Waals surface area contributed by atoms with Crippen LogP contribution in [-0.2, 0) is 6.42 Å². The SMILES string of the molecule is Cc1c(Cc2ccc(C(=O)Nc3ccccc3N)cc2)sc(NC(=O)Nc2ccccc2)c1C#N. The summed E-state index contributed by atoms with van der Waals surface area (Å²) in [6, 6.07) is 25.2. The van der Waals surface area contributed by atoms with Gasteiger partial charge in [0.1, 0.15) is 11.1 Å². The highest BCUT2D eigenvalue weighted by molar-refractivity contribution is 7.16. The molecule has 0 atom stereocenters. The van der Waals surface area contributed by atoms with E-state index in [2.05, 4.69) is 22.0 Å². The Morgan fingerprint density at radius 1 is 0.914 bits per heavy atom. The van der Waals surface area contributed by atoms with Crippen molar-refractivity contribution in [3.05, 3.63) is 106 Å². The topological polar surface area (TPSA) is 120 Å². The van der Waals surface area contributed by atoms with E-state index in [0.717, 1.165) is 16.0 Å². The van der Waals surface area contributed by atoms with Gasteiger partial charge in [0.15, 0.2) is 0 Å². The lowest BCUT2D eigenvalue weighted by atomic mass is 10.0. The third-order valence-corrected chi connectivity index (χ3v) is 6.61. The van der Waals surface area contributed by atoms with Crippen molar-refractivity contribution in [1.29, 1.82) is 5.26 Å². The molecule has 0 saturated heterocycles. The number of benzene rings is 3. The number of anilines is 4. The van der Waals surface area contributed by atoms with Gasteiger partial charge in [-0.25, -0.2) is 4.79 Å². The van der Waals surface area contributed by atoms with Gasteiger partial charge in [-0.1, -0.05) is 42.5 Å². The maximum atomic E-state index is 12.6. The fraction of sp³-hybridized carbons (Fsp3) is 0.0741. The molecule has 0 aliphatic carbocycles. The van der Waals surface area contributed by atoms with E-state index in [9.17, 15) is 14.9 Å². The molecule has 4 aromatic rings. The number of carbonyl (C=O) groups is 2. The first kappa shape index (κ1) is 23.5. The predicted molar refractivity (Wildman–Crippen MR) is 141 cm³/mol. The number of nitrogens with one attached hydrogen (secondary N) is 3. The third-order valence-electron chi connectivity index (χ3n) is 5.41. The number of para-hydroxylation sites is 3. The molecule has 0 aliphatic heterocycles. The molecule has 1 heterocycles. The van der Waals surface area contributed by atoms with Gasteiger partial charge in [0.05, 0.1) is 16.9 Å². The number of urea groups is 1. The van der Waals surface area contributed by atoms with Crippen LogP contribution in [0.25, 0.3) is 0 Å². The minimum absolute atomic E-state index is 0.246. The first-order valence-electron chi connectivity index (χ1n) is 10.8. The summed E-state index contributed by atoms with van der Waals surface area (Å²) in [5.41, 5.74) is 10.4. The molecule has 0 saturated carbocycles. The number of rotatable bonds is 6. The Labute approximate surface area is 207 Å². The van der Waals surface area contributed by atoms with Crippen molar-refractivity contribution in [2.24, 2.45) is 0 Å². The summed E-state index contributed by atoms with van der Waals surface area (Å²) in [6.45, 7) is 1.87. The standard InChI is InChI=1S/C27H23N5O2S/c1-17-21(16-28)26(32-27(34)30-20-7-3-2-4-8-20)35-24(17)15-18-11-13-19(14-12-18)25(33)31-23-10-6-5-9-22(23)29/h2-14H,15,29H2,1H3,(H,31,33)(H2,30,32,34). The Kier molecular flexibility index (Phi) is 7.10. The van der Waals surface area contributed by atoms with Gasteiger partial charge in [-0.15, -0.1) is 11.3 Å². The normalized spacial score (nSPS) is 10.3. The highest BCUT2D eigenvalue weighted by atomic mass is 32.1. The van der Waals surface area contributed by atoms with Crippen LogP contribution in [0.1, 0.15) is 31.9 Å². The Morgan fingerprint density at radius 2 is 1.60 bits per heavy atom. The lowest BCUT2D eigenvalue weighted by Gasteiger charge is -2.08. The van der Waals surface area contributed by atoms with E-state index >= 15 is 0 Å². The highest BCUT2D eigenvalue weighted by Crippen LogP contribution is 2.34. The third kappa shape index (κ3) is 5.66. The number of carbonyl (C=O) groups excluding carboxylic acids is 2. The first-order valence-corrected chi connectivity index (χ1v) is 11.7. The lowest BCUT2D eigenvalue weighted by Crippen LogP contribution is -2.19. The molecule has 0 fully saturated rings. The number of nitrogens with two attached hydrogens (primary N) is 1. The van der Waals surface area contributed by atoms with Crippen LogP contribution in [0.4, 0.5) is 26.9 Å². The highest BCUT2D eigenvalue weighted by Gasteiger charge is 2.17. The van der Waals surface area contributed by atoms with Crippen molar-refractivity contribution < 1.29 is 9.59 Å². The minimum Gasteiger partial charge on any atom is -0.397 e. The van der Waals surface area contributed by atoms with Crippen molar-refractivity contribution in [1.82, 2.24) is 0 Å². The van der Waals surface area contributed by atoms with Crippen LogP contribution in [-0.4, -0.2) is 11.9 Å². The fourth-order valence-electron chi connectivity index (χ4n) is 3.50. The number of hydrogen-bond acceptors (Lipinski definition) is 5. The van der Waals surface area contributed by atoms with E-state index in [-0.39, 0.29) is 5.91 Å². The average Bonchev–Trinajstić information content (AvgIpc) is 3.14. The van der Waals surface area contributed by atoms with Crippen LogP contribution in [0, 0.1) is 18.3 Å². The Morgan fingerprint density at radius 3 is 2.29 bits per heavy atom. The second-order valence-corrected chi connectivity index (χ2v) is 8.93. The van der Waals surface area contributed by atoms with Gasteiger partial charge in [-0.05, 0) is 54.4 Å². The van der Waals surface area contributed by atoms with Gasteiger partial charge >= 0.3 is 6.03 Å². The second-order valence-electron chi connectivity index (χ2n) is 7.83. The van der Waals surface area contributed by atoms with Crippen molar-refractivity contribution in [3.63, 3.8) is 0 Å². The summed E-state index contributed by atoms with van der Waals surface area (Å²) in [4.78, 5) is 25.9. The molecule has 0 radical (unpaired) electrons. The van der Waals surface area contributed by atoms with Gasteiger partial charge < -0.3 is 16.4 Å². The number of amides is 3. The maximum Gasteiger partial charge on any atom is 0.324 e. The van der Waals surface area contributed by atoms with E-state index in [1.165, 1.54) is 11.3 Å². The zero-order valence-electron chi connectivity index (χ0n) is 19.0. The zero-order valence-corrected chi connectivity index (χ0v) is 19.8. The molecule has 1 aromatic heterocycles. The van der Waals surface area contributed by atoms with E-state index in [1.54, 1.807) is 42.5 Å². The van der Waals surface area contributed by atoms with Gasteiger partial charge in [0.25, 0.3) is 5.91 Å². The molecule has 3 aromatic carbocycles. The summed E-state index contributed by atoms with van der Waals surface area (Å²) < 4.78 is 0. The van der Waals surface area contributed by atoms with Crippen LogP contribution in [0.5, 0.6) is 0 Å². The zero-order chi connectivity index (χ0) is 24.8. The quantitative estimate of drug-likeness (QED) is 0.253. The smallest absolute Gasteiger partial charge is 0.324 e. The van der Waals surface area contributed by atoms with E-state index in [0.29, 0.717) is 39.6 Å². The van der Waals surface area contributed by atoms with E-state index < -0.39 is 6.03 Å². The average molecular weight is 482 g/mol. The van der Waals surface area contributed by atoms with E-state index in [1.807, 2.05) is 43.3 Å². The maximum absolute atomic E-state index is 12.6. The lowest BCUT2D eigenvalue weighted by molar-refractivity contribution is 0.102. The first-order chi connectivity index (χ1) is 16.9. The van der Waals surface area contributed by atoms with Crippen LogP contribution in [0.2, 0.25) is 0 Å². The van der Waals surface area contributed by atoms with Gasteiger partial charge in [0.2, 0.25) is 0 Å². The van der Waals surface area contributed by atoms with Crippen LogP contribution >= 0.6 is 11.3 Å². The molecule has 35 heavy (non-hydrogen) atoms. The number of hydrogen-bond donors (Lipinski definition) is 4. The van der Waals surface area contributed by atoms with Crippen LogP contribution in [0.15, 0.2) is 78.9 Å². The van der Waals surface area contributed by atoms with Crippen molar-refractivity contribution in [3.8, 4) is 6.07 Å². The second kappa shape index (κ2) is 10.5. The van der Waals surface area contributed by atoms with Crippen molar-refractivity contribution in [2.45, 2.75) is 13.3 Å². The molecule has 3 amide bonds. The molecule has 174 valence electrons. The molecule has 7 nitrogen and oxygen atoms in total. The van der Waals surface area contributed by atoms with Gasteiger partial charge in [-0.2, -0.15) is 5.26 Å². The number of nitriles is 1. The number of thiophene rings is 1. The summed E-state index contributed by atoms with van der Waals surface area (Å²) in [7, 11) is 0. The Balaban J connectivity index is 1.45. The number of nitrogen functional groups attached to an aromatic ring is 1. The molecular formula is C27H23N5O2S. The van der Waals surface area contributed by atoms with Crippen LogP contribution in [0.3, 0.4) is 0 Å². The van der Waals surface area contributed by atoms with Crippen molar-refractivity contribution >= 4 is 45.3 Å². The molecular weight excluding hydrogens is 458 g/mol. The molecule has 0 unspecified atom stereocenters. The van der Waals surface area contributed by atoms with Crippen molar-refractivity contribution in [2.75, 3.05) is 21.7 Å². The number of nitrogens with zero attached hydrogens (tertiary/aromatic N) is 1. The molecule has 0 spiro atoms. The van der Waals surface area contributed by atoms with E-state index in [4.69, 9.17) is 5.73 Å². The Bertz CT molecular complexity index is 1410. The summed E-state index contributed by atoms with van der Waals surface area (Å²) in [5.74, 6) is -0.246. The molecule has 4 rings (SSSR count). The monoisotopic (exact) mass is 481 g/mol. The summed E-state index contributed by atoms with van der Waals surface area (Å²) >= 11 is 1.37. The summed E-state index contributed by atoms with van der Waals surface area (Å²) in [5, 5.41) is 18.5. The minimum atomic E-state index is -0.407. The molecule has 5 N–H and O–H groups in total. The Hall–Kier alpha value is -4.61. The van der Waals surface area contributed by atoms with Crippen LogP contribution < -0.4 is 21.7 Å². The predicted octanol–water partition coefficient (Wildman–Crippen LogP) is 6.00. The van der Waals surface area contributed by atoms with Gasteiger partial charge in [0, 0.05) is 22.5 Å². The van der Waals surface area contributed by atoms with Gasteiger partial charge in [-0.3, -0.25) is 10.1 Å². The largest absolute Gasteiger partial charge is 0.397 e. The molecule has 0 aliphatic rings. The summed E-state index contributed by atoms with van der Waals surface area (Å²) in [6.07, 6.45) is 0.570. The fourth-order valence-corrected chi connectivity index (χ4v) is 4.69. The molecule has 8 heteroatoms.